The second-order valence-electron chi connectivity index (χ2n) is 2.90. The average Bonchev–Trinajstić information content (AvgIpc) is 2.28. The van der Waals surface area contributed by atoms with E-state index in [1.807, 2.05) is 0 Å². The number of carbonyl (C=O) groups is 1. The number of hydrogen-bond donors (Lipinski definition) is 0. The summed E-state index contributed by atoms with van der Waals surface area (Å²) in [5, 5.41) is 0. The Hall–Kier alpha value is -0.740. The van der Waals surface area contributed by atoms with Crippen molar-refractivity contribution < 1.29 is 14.3 Å². The van der Waals surface area contributed by atoms with Crippen molar-refractivity contribution in [3.05, 3.63) is 28.2 Å². The van der Waals surface area contributed by atoms with Crippen LogP contribution in [0.3, 0.4) is 0 Å². The van der Waals surface area contributed by atoms with Gasteiger partial charge < -0.3 is 9.47 Å². The van der Waals surface area contributed by atoms with Gasteiger partial charge in [0.2, 0.25) is 0 Å². The van der Waals surface area contributed by atoms with Gasteiger partial charge in [0, 0.05) is 0 Å². The van der Waals surface area contributed by atoms with Crippen LogP contribution < -0.4 is 4.74 Å². The van der Waals surface area contributed by atoms with Gasteiger partial charge in [-0.1, -0.05) is 0 Å². The predicted octanol–water partition coefficient (Wildman–Crippen LogP) is 3.24. The van der Waals surface area contributed by atoms with Crippen LogP contribution >= 0.6 is 27.5 Å². The van der Waals surface area contributed by atoms with E-state index in [4.69, 9.17) is 21.1 Å². The molecule has 0 amide bonds. The molecule has 0 aromatic heterocycles. The fourth-order valence-corrected chi connectivity index (χ4v) is 1.54. The van der Waals surface area contributed by atoms with Gasteiger partial charge in [-0.25, -0.2) is 4.79 Å². The second-order valence-corrected chi connectivity index (χ2v) is 4.14. The number of carbonyl (C=O) groups excluding carboxylic acids is 1. The van der Waals surface area contributed by atoms with Crippen molar-refractivity contribution in [2.45, 2.75) is 6.92 Å². The summed E-state index contributed by atoms with van der Waals surface area (Å²) >= 11 is 8.85. The summed E-state index contributed by atoms with van der Waals surface area (Å²) in [6.07, 6.45) is 0. The van der Waals surface area contributed by atoms with Crippen molar-refractivity contribution in [1.82, 2.24) is 0 Å². The summed E-state index contributed by atoms with van der Waals surface area (Å²) in [5.41, 5.74) is 0.467. The van der Waals surface area contributed by atoms with Crippen LogP contribution in [-0.4, -0.2) is 25.1 Å². The lowest BCUT2D eigenvalue weighted by molar-refractivity contribution is 0.0526. The van der Waals surface area contributed by atoms with E-state index in [9.17, 15) is 4.79 Å². The Kier molecular flexibility index (Phi) is 5.63. The topological polar surface area (TPSA) is 35.5 Å². The van der Waals surface area contributed by atoms with Gasteiger partial charge >= 0.3 is 5.97 Å². The van der Waals surface area contributed by atoms with Crippen molar-refractivity contribution in [1.29, 1.82) is 0 Å². The lowest BCUT2D eigenvalue weighted by Crippen LogP contribution is -2.06. The third-order valence-corrected chi connectivity index (χ3v) is 2.59. The molecule has 1 aromatic carbocycles. The smallest absolute Gasteiger partial charge is 0.338 e. The molecule has 0 radical (unpaired) electrons. The normalized spacial score (nSPS) is 9.94. The Balaban J connectivity index is 2.84. The SMILES string of the molecule is CCOC(=O)c1ccc(Br)c(OCCCl)c1. The van der Waals surface area contributed by atoms with Crippen LogP contribution in [0.25, 0.3) is 0 Å². The Morgan fingerprint density at radius 3 is 2.88 bits per heavy atom. The molecule has 0 spiro atoms. The summed E-state index contributed by atoms with van der Waals surface area (Å²) in [6.45, 7) is 2.51. The highest BCUT2D eigenvalue weighted by atomic mass is 79.9. The third-order valence-electron chi connectivity index (χ3n) is 1.78. The van der Waals surface area contributed by atoms with Crippen LogP contribution in [0.5, 0.6) is 5.75 Å². The van der Waals surface area contributed by atoms with Crippen LogP contribution in [0.2, 0.25) is 0 Å². The van der Waals surface area contributed by atoms with Gasteiger partial charge in [0.05, 0.1) is 22.5 Å². The molecule has 0 aliphatic heterocycles. The highest BCUT2D eigenvalue weighted by Crippen LogP contribution is 2.26. The Labute approximate surface area is 108 Å². The molecule has 5 heteroatoms. The first-order valence-electron chi connectivity index (χ1n) is 4.84. The second kappa shape index (κ2) is 6.76. The molecule has 0 saturated heterocycles. The van der Waals surface area contributed by atoms with Crippen molar-refractivity contribution in [2.75, 3.05) is 19.1 Å². The van der Waals surface area contributed by atoms with Crippen molar-refractivity contribution in [3.8, 4) is 5.75 Å². The van der Waals surface area contributed by atoms with Gasteiger partial charge in [0.15, 0.2) is 0 Å². The quantitative estimate of drug-likeness (QED) is 0.619. The van der Waals surface area contributed by atoms with Gasteiger partial charge in [-0.3, -0.25) is 0 Å². The zero-order valence-corrected chi connectivity index (χ0v) is 11.2. The number of esters is 1. The zero-order valence-electron chi connectivity index (χ0n) is 8.83. The summed E-state index contributed by atoms with van der Waals surface area (Å²) in [6, 6.07) is 5.06. The first kappa shape index (κ1) is 13.3. The van der Waals surface area contributed by atoms with Gasteiger partial charge in [-0.2, -0.15) is 0 Å². The molecule has 0 fully saturated rings. The molecule has 0 saturated carbocycles. The standard InChI is InChI=1S/C11H12BrClO3/c1-2-15-11(14)8-3-4-9(12)10(7-8)16-6-5-13/h3-4,7H,2,5-6H2,1H3. The van der Waals surface area contributed by atoms with E-state index >= 15 is 0 Å². The van der Waals surface area contributed by atoms with Crippen molar-refractivity contribution >= 4 is 33.5 Å². The van der Waals surface area contributed by atoms with E-state index in [1.54, 1.807) is 25.1 Å². The Bertz CT molecular complexity index is 368. The molecule has 88 valence electrons. The zero-order chi connectivity index (χ0) is 12.0. The highest BCUT2D eigenvalue weighted by molar-refractivity contribution is 9.10. The summed E-state index contributed by atoms with van der Waals surface area (Å²) in [7, 11) is 0. The van der Waals surface area contributed by atoms with E-state index in [0.29, 0.717) is 30.4 Å². The van der Waals surface area contributed by atoms with E-state index in [-0.39, 0.29) is 5.97 Å². The summed E-state index contributed by atoms with van der Waals surface area (Å²) in [5.74, 6) is 0.632. The molecule has 0 aliphatic carbocycles. The molecule has 0 heterocycles. The molecule has 16 heavy (non-hydrogen) atoms. The minimum atomic E-state index is -0.356. The van der Waals surface area contributed by atoms with E-state index in [1.165, 1.54) is 0 Å². The van der Waals surface area contributed by atoms with Gasteiger partial charge in [-0.05, 0) is 41.1 Å². The Morgan fingerprint density at radius 1 is 1.50 bits per heavy atom. The fourth-order valence-electron chi connectivity index (χ4n) is 1.10. The van der Waals surface area contributed by atoms with Crippen LogP contribution in [0.15, 0.2) is 22.7 Å². The van der Waals surface area contributed by atoms with Crippen LogP contribution in [-0.2, 0) is 4.74 Å². The number of benzene rings is 1. The van der Waals surface area contributed by atoms with E-state index < -0.39 is 0 Å². The maximum Gasteiger partial charge on any atom is 0.338 e. The molecule has 0 atom stereocenters. The molecule has 3 nitrogen and oxygen atoms in total. The lowest BCUT2D eigenvalue weighted by Gasteiger charge is -2.08. The minimum Gasteiger partial charge on any atom is -0.491 e. The predicted molar refractivity (Wildman–Crippen MR) is 66.3 cm³/mol. The minimum absolute atomic E-state index is 0.354. The monoisotopic (exact) mass is 306 g/mol. The Morgan fingerprint density at radius 2 is 2.25 bits per heavy atom. The van der Waals surface area contributed by atoms with Crippen LogP contribution in [0, 0.1) is 0 Å². The molecule has 0 bridgehead atoms. The summed E-state index contributed by atoms with van der Waals surface area (Å²) in [4.78, 5) is 11.5. The van der Waals surface area contributed by atoms with Gasteiger partial charge in [0.1, 0.15) is 12.4 Å². The molecule has 0 unspecified atom stereocenters. The largest absolute Gasteiger partial charge is 0.491 e. The van der Waals surface area contributed by atoms with Crippen LogP contribution in [0.4, 0.5) is 0 Å². The number of ether oxygens (including phenoxy) is 2. The van der Waals surface area contributed by atoms with Gasteiger partial charge in [-0.15, -0.1) is 11.6 Å². The summed E-state index contributed by atoms with van der Waals surface area (Å²) < 4.78 is 11.0. The van der Waals surface area contributed by atoms with Crippen molar-refractivity contribution in [2.24, 2.45) is 0 Å². The number of halogens is 2. The highest BCUT2D eigenvalue weighted by Gasteiger charge is 2.10. The van der Waals surface area contributed by atoms with Crippen molar-refractivity contribution in [3.63, 3.8) is 0 Å². The number of rotatable bonds is 5. The fraction of sp³-hybridized carbons (Fsp3) is 0.364. The van der Waals surface area contributed by atoms with Crippen LogP contribution in [0.1, 0.15) is 17.3 Å². The average molecular weight is 308 g/mol. The molecular formula is C11H12BrClO3. The molecule has 1 rings (SSSR count). The van der Waals surface area contributed by atoms with E-state index in [2.05, 4.69) is 15.9 Å². The first-order chi connectivity index (χ1) is 7.69. The number of alkyl halides is 1. The molecular weight excluding hydrogens is 295 g/mol. The van der Waals surface area contributed by atoms with E-state index in [0.717, 1.165) is 4.47 Å². The first-order valence-corrected chi connectivity index (χ1v) is 6.17. The maximum absolute atomic E-state index is 11.5. The molecule has 1 aromatic rings. The maximum atomic E-state index is 11.5. The van der Waals surface area contributed by atoms with Gasteiger partial charge in [0.25, 0.3) is 0 Å². The number of hydrogen-bond acceptors (Lipinski definition) is 3. The molecule has 0 aliphatic rings. The molecule has 0 N–H and O–H groups in total. The third kappa shape index (κ3) is 3.68. The lowest BCUT2D eigenvalue weighted by atomic mass is 10.2.